The number of benzene rings is 1. The molecular weight excluding hydrogens is 359 g/mol. The van der Waals surface area contributed by atoms with E-state index in [9.17, 15) is 22.8 Å². The predicted octanol–water partition coefficient (Wildman–Crippen LogP) is 2.75. The summed E-state index contributed by atoms with van der Waals surface area (Å²) in [5.74, 6) is -0.467. The number of piperazine rings is 1. The summed E-state index contributed by atoms with van der Waals surface area (Å²) in [6, 6.07) is 4.42. The second kappa shape index (κ2) is 8.29. The van der Waals surface area contributed by atoms with E-state index >= 15 is 0 Å². The lowest BCUT2D eigenvalue weighted by Crippen LogP contribution is -2.55. The van der Waals surface area contributed by atoms with Gasteiger partial charge >= 0.3 is 6.18 Å². The number of halogens is 3. The monoisotopic (exact) mass is 385 g/mol. The molecular formula is C19H26F3N3O2. The van der Waals surface area contributed by atoms with Crippen LogP contribution in [0.3, 0.4) is 0 Å². The molecule has 0 spiro atoms. The molecule has 27 heavy (non-hydrogen) atoms. The molecule has 0 aromatic heterocycles. The number of carbonyl (C=O) groups is 2. The first-order valence-corrected chi connectivity index (χ1v) is 9.14. The number of nitrogens with two attached hydrogens (primary N) is 1. The quantitative estimate of drug-likeness (QED) is 0.848. The van der Waals surface area contributed by atoms with Crippen LogP contribution in [0.25, 0.3) is 0 Å². The van der Waals surface area contributed by atoms with Gasteiger partial charge in [-0.1, -0.05) is 19.9 Å². The Balaban J connectivity index is 2.05. The number of rotatable bonds is 5. The Morgan fingerprint density at radius 1 is 1.04 bits per heavy atom. The highest BCUT2D eigenvalue weighted by Gasteiger charge is 2.38. The van der Waals surface area contributed by atoms with Crippen LogP contribution < -0.4 is 5.73 Å². The normalized spacial score (nSPS) is 15.8. The summed E-state index contributed by atoms with van der Waals surface area (Å²) in [6.07, 6.45) is -3.21. The first kappa shape index (κ1) is 21.2. The van der Waals surface area contributed by atoms with Gasteiger partial charge in [-0.25, -0.2) is 0 Å². The average Bonchev–Trinajstić information content (AvgIpc) is 2.68. The Morgan fingerprint density at radius 3 is 2.07 bits per heavy atom. The van der Waals surface area contributed by atoms with Crippen LogP contribution in [0.4, 0.5) is 13.2 Å². The second-order valence-corrected chi connectivity index (χ2v) is 6.85. The third kappa shape index (κ3) is 4.43. The number of hydrogen-bond donors (Lipinski definition) is 1. The molecule has 0 saturated carbocycles. The Morgan fingerprint density at radius 2 is 1.59 bits per heavy atom. The number of carbonyl (C=O) groups excluding carboxylic acids is 2. The molecule has 0 bridgehead atoms. The minimum absolute atomic E-state index is 0.00280. The standard InChI is InChI=1S/C19H26F3N3O2/c1-3-18(4-2,13-23)17(27)25-10-8-24(9-11-25)16(26)14-6-5-7-15(12-14)19(20,21)22/h5-7,12H,3-4,8-11,13,23H2,1-2H3. The molecule has 2 N–H and O–H groups in total. The van der Waals surface area contributed by atoms with E-state index in [1.54, 1.807) is 4.90 Å². The summed E-state index contributed by atoms with van der Waals surface area (Å²) in [4.78, 5) is 28.6. The number of nitrogens with zero attached hydrogens (tertiary/aromatic N) is 2. The molecule has 1 aromatic rings. The third-order valence-corrected chi connectivity index (χ3v) is 5.49. The van der Waals surface area contributed by atoms with Crippen molar-refractivity contribution in [2.45, 2.75) is 32.9 Å². The van der Waals surface area contributed by atoms with Crippen LogP contribution >= 0.6 is 0 Å². The van der Waals surface area contributed by atoms with Crippen molar-refractivity contribution in [2.24, 2.45) is 11.1 Å². The van der Waals surface area contributed by atoms with Crippen molar-refractivity contribution in [3.63, 3.8) is 0 Å². The maximum absolute atomic E-state index is 12.8. The largest absolute Gasteiger partial charge is 0.416 e. The van der Waals surface area contributed by atoms with Gasteiger partial charge in [0, 0.05) is 38.3 Å². The van der Waals surface area contributed by atoms with Crippen molar-refractivity contribution in [1.82, 2.24) is 9.80 Å². The van der Waals surface area contributed by atoms with E-state index in [0.717, 1.165) is 12.1 Å². The van der Waals surface area contributed by atoms with Gasteiger partial charge in [-0.3, -0.25) is 9.59 Å². The van der Waals surface area contributed by atoms with Crippen LogP contribution in [-0.4, -0.2) is 54.3 Å². The molecule has 0 unspecified atom stereocenters. The lowest BCUT2D eigenvalue weighted by Gasteiger charge is -2.40. The summed E-state index contributed by atoms with van der Waals surface area (Å²) < 4.78 is 38.5. The highest BCUT2D eigenvalue weighted by atomic mass is 19.4. The van der Waals surface area contributed by atoms with E-state index in [2.05, 4.69) is 0 Å². The van der Waals surface area contributed by atoms with Gasteiger partial charge in [-0.2, -0.15) is 13.2 Å². The summed E-state index contributed by atoms with van der Waals surface area (Å²) in [6.45, 7) is 5.41. The number of alkyl halides is 3. The molecule has 1 fully saturated rings. The maximum atomic E-state index is 12.8. The second-order valence-electron chi connectivity index (χ2n) is 6.85. The minimum atomic E-state index is -4.49. The van der Waals surface area contributed by atoms with Crippen molar-refractivity contribution in [3.8, 4) is 0 Å². The zero-order valence-corrected chi connectivity index (χ0v) is 15.7. The average molecular weight is 385 g/mol. The molecule has 0 atom stereocenters. The van der Waals surface area contributed by atoms with Gasteiger partial charge in [0.1, 0.15) is 0 Å². The summed E-state index contributed by atoms with van der Waals surface area (Å²) >= 11 is 0. The number of hydrogen-bond acceptors (Lipinski definition) is 3. The molecule has 0 aliphatic carbocycles. The smallest absolute Gasteiger partial charge is 0.339 e. The lowest BCUT2D eigenvalue weighted by molar-refractivity contribution is -0.143. The zero-order valence-electron chi connectivity index (χ0n) is 15.7. The van der Waals surface area contributed by atoms with Crippen molar-refractivity contribution in [1.29, 1.82) is 0 Å². The van der Waals surface area contributed by atoms with E-state index in [-0.39, 0.29) is 31.1 Å². The summed E-state index contributed by atoms with van der Waals surface area (Å²) in [5, 5.41) is 0. The van der Waals surface area contributed by atoms with Crippen LogP contribution in [-0.2, 0) is 11.0 Å². The molecule has 1 heterocycles. The molecule has 8 heteroatoms. The highest BCUT2D eigenvalue weighted by molar-refractivity contribution is 5.94. The zero-order chi connectivity index (χ0) is 20.2. The van der Waals surface area contributed by atoms with E-state index in [0.29, 0.717) is 25.9 Å². The van der Waals surface area contributed by atoms with Gasteiger partial charge in [-0.05, 0) is 31.0 Å². The Kier molecular flexibility index (Phi) is 6.51. The van der Waals surface area contributed by atoms with Crippen LogP contribution in [0.15, 0.2) is 24.3 Å². The van der Waals surface area contributed by atoms with Gasteiger partial charge in [-0.15, -0.1) is 0 Å². The Labute approximate surface area is 157 Å². The summed E-state index contributed by atoms with van der Waals surface area (Å²) in [5.41, 5.74) is 4.40. The molecule has 0 radical (unpaired) electrons. The molecule has 1 aliphatic rings. The Bertz CT molecular complexity index is 671. The van der Waals surface area contributed by atoms with E-state index in [1.165, 1.54) is 17.0 Å². The molecule has 2 rings (SSSR count). The van der Waals surface area contributed by atoms with Crippen molar-refractivity contribution in [2.75, 3.05) is 32.7 Å². The van der Waals surface area contributed by atoms with E-state index < -0.39 is 23.1 Å². The van der Waals surface area contributed by atoms with Gasteiger partial charge in [0.25, 0.3) is 5.91 Å². The van der Waals surface area contributed by atoms with E-state index in [4.69, 9.17) is 5.73 Å². The van der Waals surface area contributed by atoms with Gasteiger partial charge in [0.2, 0.25) is 5.91 Å². The fourth-order valence-corrected chi connectivity index (χ4v) is 3.39. The van der Waals surface area contributed by atoms with Crippen LogP contribution in [0.1, 0.15) is 42.6 Å². The Hall–Kier alpha value is -2.09. The summed E-state index contributed by atoms with van der Waals surface area (Å²) in [7, 11) is 0. The van der Waals surface area contributed by atoms with Crippen molar-refractivity contribution in [3.05, 3.63) is 35.4 Å². The maximum Gasteiger partial charge on any atom is 0.416 e. The minimum Gasteiger partial charge on any atom is -0.339 e. The molecule has 1 aromatic carbocycles. The van der Waals surface area contributed by atoms with E-state index in [1.807, 2.05) is 13.8 Å². The van der Waals surface area contributed by atoms with Crippen molar-refractivity contribution >= 4 is 11.8 Å². The van der Waals surface area contributed by atoms with Gasteiger partial charge in [0.15, 0.2) is 0 Å². The van der Waals surface area contributed by atoms with Crippen LogP contribution in [0.2, 0.25) is 0 Å². The highest BCUT2D eigenvalue weighted by Crippen LogP contribution is 2.30. The lowest BCUT2D eigenvalue weighted by atomic mass is 9.81. The molecule has 5 nitrogen and oxygen atoms in total. The predicted molar refractivity (Wildman–Crippen MR) is 96.0 cm³/mol. The fourth-order valence-electron chi connectivity index (χ4n) is 3.39. The van der Waals surface area contributed by atoms with Crippen molar-refractivity contribution < 1.29 is 22.8 Å². The number of amides is 2. The topological polar surface area (TPSA) is 66.6 Å². The first-order valence-electron chi connectivity index (χ1n) is 9.14. The molecule has 150 valence electrons. The fraction of sp³-hybridized carbons (Fsp3) is 0.579. The third-order valence-electron chi connectivity index (χ3n) is 5.49. The van der Waals surface area contributed by atoms with Gasteiger partial charge < -0.3 is 15.5 Å². The molecule has 1 aliphatic heterocycles. The first-order chi connectivity index (χ1) is 12.7. The van der Waals surface area contributed by atoms with Crippen LogP contribution in [0, 0.1) is 5.41 Å². The molecule has 2 amide bonds. The SMILES string of the molecule is CCC(CC)(CN)C(=O)N1CCN(C(=O)c2cccc(C(F)(F)F)c2)CC1. The molecule has 1 saturated heterocycles. The van der Waals surface area contributed by atoms with Gasteiger partial charge in [0.05, 0.1) is 11.0 Å². The van der Waals surface area contributed by atoms with Crippen LogP contribution in [0.5, 0.6) is 0 Å².